The van der Waals surface area contributed by atoms with E-state index in [0.717, 1.165) is 41.6 Å². The van der Waals surface area contributed by atoms with E-state index in [2.05, 4.69) is 20.4 Å². The lowest BCUT2D eigenvalue weighted by molar-refractivity contribution is 0.102. The second kappa shape index (κ2) is 8.73. The first-order chi connectivity index (χ1) is 14.2. The van der Waals surface area contributed by atoms with Crippen molar-refractivity contribution >= 4 is 17.4 Å². The molecule has 4 rings (SSSR count). The molecule has 148 valence electrons. The van der Waals surface area contributed by atoms with E-state index < -0.39 is 0 Å². The molecule has 1 N–H and O–H groups in total. The number of benzene rings is 2. The van der Waals surface area contributed by atoms with Gasteiger partial charge in [0.1, 0.15) is 5.75 Å². The van der Waals surface area contributed by atoms with E-state index >= 15 is 0 Å². The van der Waals surface area contributed by atoms with E-state index in [1.807, 2.05) is 43.3 Å². The van der Waals surface area contributed by atoms with Gasteiger partial charge in [-0.1, -0.05) is 12.1 Å². The maximum atomic E-state index is 12.4. The van der Waals surface area contributed by atoms with Gasteiger partial charge in [-0.3, -0.25) is 4.79 Å². The van der Waals surface area contributed by atoms with Crippen molar-refractivity contribution in [2.45, 2.75) is 19.8 Å². The van der Waals surface area contributed by atoms with Crippen molar-refractivity contribution in [2.24, 2.45) is 0 Å². The second-order valence-electron chi connectivity index (χ2n) is 6.96. The van der Waals surface area contributed by atoms with E-state index in [1.54, 1.807) is 24.3 Å². The molecule has 0 unspecified atom stereocenters. The van der Waals surface area contributed by atoms with Gasteiger partial charge in [-0.2, -0.15) is 0 Å². The number of carbonyl (C=O) groups excluding carboxylic acids is 1. The van der Waals surface area contributed by atoms with Crippen molar-refractivity contribution in [3.63, 3.8) is 0 Å². The van der Waals surface area contributed by atoms with Crippen molar-refractivity contribution in [3.8, 4) is 17.0 Å². The third-order valence-electron chi connectivity index (χ3n) is 4.95. The smallest absolute Gasteiger partial charge is 0.255 e. The number of hydrogen-bond donors (Lipinski definition) is 1. The second-order valence-corrected chi connectivity index (χ2v) is 6.96. The van der Waals surface area contributed by atoms with Gasteiger partial charge in [-0.25, -0.2) is 0 Å². The van der Waals surface area contributed by atoms with Gasteiger partial charge < -0.3 is 15.0 Å². The largest absolute Gasteiger partial charge is 0.494 e. The molecule has 2 heterocycles. The molecule has 2 aromatic carbocycles. The Bertz CT molecular complexity index is 948. The summed E-state index contributed by atoms with van der Waals surface area (Å²) in [6.07, 6.45) is 2.43. The SMILES string of the molecule is CCOc1ccc(C(=O)Nc2ccc(-c3ccc(N4CCCC4)nn3)cc2)cc1. The first-order valence-electron chi connectivity index (χ1n) is 9.96. The molecule has 0 saturated carbocycles. The predicted molar refractivity (Wildman–Crippen MR) is 114 cm³/mol. The van der Waals surface area contributed by atoms with Crippen molar-refractivity contribution < 1.29 is 9.53 Å². The highest BCUT2D eigenvalue weighted by Crippen LogP contribution is 2.23. The predicted octanol–water partition coefficient (Wildman–Crippen LogP) is 4.39. The molecular formula is C23H24N4O2. The van der Waals surface area contributed by atoms with Gasteiger partial charge >= 0.3 is 0 Å². The molecule has 0 spiro atoms. The number of amides is 1. The minimum atomic E-state index is -0.157. The number of nitrogens with one attached hydrogen (secondary N) is 1. The average Bonchev–Trinajstić information content (AvgIpc) is 3.30. The zero-order valence-electron chi connectivity index (χ0n) is 16.5. The third kappa shape index (κ3) is 4.54. The lowest BCUT2D eigenvalue weighted by Gasteiger charge is -2.15. The molecule has 1 aliphatic rings. The van der Waals surface area contributed by atoms with E-state index in [4.69, 9.17) is 4.74 Å². The highest BCUT2D eigenvalue weighted by molar-refractivity contribution is 6.04. The molecule has 0 atom stereocenters. The van der Waals surface area contributed by atoms with Gasteiger partial charge in [0, 0.05) is 29.9 Å². The average molecular weight is 388 g/mol. The topological polar surface area (TPSA) is 67.3 Å². The molecule has 0 bridgehead atoms. The maximum absolute atomic E-state index is 12.4. The van der Waals surface area contributed by atoms with Gasteiger partial charge in [-0.15, -0.1) is 10.2 Å². The summed E-state index contributed by atoms with van der Waals surface area (Å²) in [5.74, 6) is 1.53. The summed E-state index contributed by atoms with van der Waals surface area (Å²) in [5.41, 5.74) is 3.09. The van der Waals surface area contributed by atoms with Crippen molar-refractivity contribution in [1.29, 1.82) is 0 Å². The Kier molecular flexibility index (Phi) is 5.70. The molecule has 6 nitrogen and oxygen atoms in total. The summed E-state index contributed by atoms with van der Waals surface area (Å²) in [6, 6.07) is 18.7. The Morgan fingerprint density at radius 3 is 2.31 bits per heavy atom. The molecule has 1 saturated heterocycles. The van der Waals surface area contributed by atoms with E-state index in [-0.39, 0.29) is 5.91 Å². The number of rotatable bonds is 6. The molecule has 6 heteroatoms. The highest BCUT2D eigenvalue weighted by atomic mass is 16.5. The number of aromatic nitrogens is 2. The standard InChI is InChI=1S/C23H24N4O2/c1-2-29-20-11-7-18(8-12-20)23(28)24-19-9-5-17(6-10-19)21-13-14-22(26-25-21)27-15-3-4-16-27/h5-14H,2-4,15-16H2,1H3,(H,24,28). The number of nitrogens with zero attached hydrogens (tertiary/aromatic N) is 3. The Hall–Kier alpha value is -3.41. The minimum Gasteiger partial charge on any atom is -0.494 e. The van der Waals surface area contributed by atoms with E-state index in [9.17, 15) is 4.79 Å². The van der Waals surface area contributed by atoms with Crippen LogP contribution in [0.25, 0.3) is 11.3 Å². The zero-order valence-corrected chi connectivity index (χ0v) is 16.5. The maximum Gasteiger partial charge on any atom is 0.255 e. The number of anilines is 2. The molecule has 0 radical (unpaired) electrons. The van der Waals surface area contributed by atoms with Crippen molar-refractivity contribution in [3.05, 3.63) is 66.2 Å². The minimum absolute atomic E-state index is 0.157. The van der Waals surface area contributed by atoms with Crippen LogP contribution in [0.2, 0.25) is 0 Å². The van der Waals surface area contributed by atoms with E-state index in [0.29, 0.717) is 12.2 Å². The van der Waals surface area contributed by atoms with Crippen LogP contribution in [0.4, 0.5) is 11.5 Å². The Balaban J connectivity index is 1.40. The summed E-state index contributed by atoms with van der Waals surface area (Å²) in [4.78, 5) is 14.7. The summed E-state index contributed by atoms with van der Waals surface area (Å²) in [5, 5.41) is 11.6. The zero-order chi connectivity index (χ0) is 20.1. The van der Waals surface area contributed by atoms with Crippen LogP contribution >= 0.6 is 0 Å². The van der Waals surface area contributed by atoms with Crippen LogP contribution in [0.3, 0.4) is 0 Å². The first kappa shape index (κ1) is 18.9. The Morgan fingerprint density at radius 1 is 0.966 bits per heavy atom. The monoisotopic (exact) mass is 388 g/mol. The fourth-order valence-corrected chi connectivity index (χ4v) is 3.39. The van der Waals surface area contributed by atoms with Gasteiger partial charge in [0.25, 0.3) is 5.91 Å². The fourth-order valence-electron chi connectivity index (χ4n) is 3.39. The summed E-state index contributed by atoms with van der Waals surface area (Å²) in [6.45, 7) is 4.63. The van der Waals surface area contributed by atoms with Gasteiger partial charge in [0.05, 0.1) is 12.3 Å². The van der Waals surface area contributed by atoms with Crippen molar-refractivity contribution in [1.82, 2.24) is 10.2 Å². The Morgan fingerprint density at radius 2 is 1.69 bits per heavy atom. The van der Waals surface area contributed by atoms with Crippen LogP contribution in [0.1, 0.15) is 30.1 Å². The lowest BCUT2D eigenvalue weighted by atomic mass is 10.1. The van der Waals surface area contributed by atoms with Gasteiger partial charge in [0.15, 0.2) is 5.82 Å². The molecule has 1 aromatic heterocycles. The van der Waals surface area contributed by atoms with E-state index in [1.165, 1.54) is 12.8 Å². The Labute approximate surface area is 170 Å². The summed E-state index contributed by atoms with van der Waals surface area (Å²) >= 11 is 0. The third-order valence-corrected chi connectivity index (χ3v) is 4.95. The van der Waals surface area contributed by atoms with Crippen LogP contribution in [-0.4, -0.2) is 35.8 Å². The molecule has 1 aliphatic heterocycles. The first-order valence-corrected chi connectivity index (χ1v) is 9.96. The van der Waals surface area contributed by atoms with Crippen LogP contribution < -0.4 is 15.0 Å². The van der Waals surface area contributed by atoms with Gasteiger partial charge in [-0.05, 0) is 68.3 Å². The number of ether oxygens (including phenoxy) is 1. The van der Waals surface area contributed by atoms with Crippen LogP contribution in [-0.2, 0) is 0 Å². The summed E-state index contributed by atoms with van der Waals surface area (Å²) in [7, 11) is 0. The quantitative estimate of drug-likeness (QED) is 0.678. The molecule has 0 aliphatic carbocycles. The molecule has 1 fully saturated rings. The molecular weight excluding hydrogens is 364 g/mol. The molecule has 29 heavy (non-hydrogen) atoms. The number of hydrogen-bond acceptors (Lipinski definition) is 5. The van der Waals surface area contributed by atoms with Crippen LogP contribution in [0, 0.1) is 0 Å². The van der Waals surface area contributed by atoms with Crippen molar-refractivity contribution in [2.75, 3.05) is 29.9 Å². The van der Waals surface area contributed by atoms with Crippen LogP contribution in [0.15, 0.2) is 60.7 Å². The van der Waals surface area contributed by atoms with Gasteiger partial charge in [0.2, 0.25) is 0 Å². The number of carbonyl (C=O) groups is 1. The summed E-state index contributed by atoms with van der Waals surface area (Å²) < 4.78 is 5.40. The highest BCUT2D eigenvalue weighted by Gasteiger charge is 2.14. The lowest BCUT2D eigenvalue weighted by Crippen LogP contribution is -2.19. The normalized spacial score (nSPS) is 13.3. The molecule has 1 amide bonds. The molecule has 3 aromatic rings. The fraction of sp³-hybridized carbons (Fsp3) is 0.261. The van der Waals surface area contributed by atoms with Crippen LogP contribution in [0.5, 0.6) is 5.75 Å².